The van der Waals surface area contributed by atoms with Gasteiger partial charge in [-0.05, 0) is 6.07 Å². The number of nitrogen functional groups attached to an aromatic ring is 1. The fourth-order valence-corrected chi connectivity index (χ4v) is 3.53. The van der Waals surface area contributed by atoms with Crippen molar-refractivity contribution in [3.8, 4) is 0 Å². The molecule has 0 unspecified atom stereocenters. The Kier molecular flexibility index (Phi) is 3.91. The molecule has 0 aliphatic heterocycles. The zero-order chi connectivity index (χ0) is 12.4. The van der Waals surface area contributed by atoms with Gasteiger partial charge in [-0.25, -0.2) is 26.7 Å². The zero-order valence-corrected chi connectivity index (χ0v) is 10.5. The van der Waals surface area contributed by atoms with Gasteiger partial charge in [-0.15, -0.1) is 11.3 Å². The maximum Gasteiger partial charge on any atom is 0.250 e. The second-order valence-electron chi connectivity index (χ2n) is 2.96. The van der Waals surface area contributed by atoms with Crippen LogP contribution >= 0.6 is 11.3 Å². The summed E-state index contributed by atoms with van der Waals surface area (Å²) in [5.74, 6) is -0.451. The molecule has 1 heterocycles. The number of thiophene rings is 1. The van der Waals surface area contributed by atoms with E-state index in [4.69, 9.17) is 10.9 Å². The SMILES string of the molecule is Nc1csc(S(=O)(=O)NCCS(N)(=O)=O)c1. The van der Waals surface area contributed by atoms with Crippen LogP contribution in [0.4, 0.5) is 5.69 Å². The van der Waals surface area contributed by atoms with Crippen molar-refractivity contribution in [2.24, 2.45) is 5.14 Å². The minimum atomic E-state index is -3.69. The van der Waals surface area contributed by atoms with Crippen LogP contribution in [0.15, 0.2) is 15.7 Å². The Bertz CT molecular complexity index is 560. The number of hydrogen-bond acceptors (Lipinski definition) is 6. The minimum absolute atomic E-state index is 0.0411. The Morgan fingerprint density at radius 1 is 1.31 bits per heavy atom. The van der Waals surface area contributed by atoms with Crippen LogP contribution in [-0.2, 0) is 20.0 Å². The molecule has 0 amide bonds. The van der Waals surface area contributed by atoms with E-state index in [1.807, 2.05) is 0 Å². The predicted molar refractivity (Wildman–Crippen MR) is 61.9 cm³/mol. The first-order valence-electron chi connectivity index (χ1n) is 4.05. The van der Waals surface area contributed by atoms with Crippen LogP contribution in [0.1, 0.15) is 0 Å². The standard InChI is InChI=1S/C6H11N3O4S3/c7-5-3-6(14-4-5)16(12,13)9-1-2-15(8,10)11/h3-4,9H,1-2,7H2,(H2,8,10,11). The summed E-state index contributed by atoms with van der Waals surface area (Å²) in [6.07, 6.45) is 0. The molecule has 0 saturated carbocycles. The second kappa shape index (κ2) is 4.67. The molecule has 92 valence electrons. The van der Waals surface area contributed by atoms with E-state index in [0.717, 1.165) is 11.3 Å². The highest BCUT2D eigenvalue weighted by Gasteiger charge is 2.16. The highest BCUT2D eigenvalue weighted by molar-refractivity contribution is 7.91. The van der Waals surface area contributed by atoms with Crippen LogP contribution in [0.5, 0.6) is 0 Å². The van der Waals surface area contributed by atoms with Gasteiger partial charge in [0.2, 0.25) is 20.0 Å². The molecule has 0 saturated heterocycles. The van der Waals surface area contributed by atoms with Crippen LogP contribution in [0.25, 0.3) is 0 Å². The average Bonchev–Trinajstić information content (AvgIpc) is 2.49. The van der Waals surface area contributed by atoms with Crippen molar-refractivity contribution < 1.29 is 16.8 Å². The maximum absolute atomic E-state index is 11.5. The molecular formula is C6H11N3O4S3. The highest BCUT2D eigenvalue weighted by atomic mass is 32.2. The first-order valence-corrected chi connectivity index (χ1v) is 8.13. The highest BCUT2D eigenvalue weighted by Crippen LogP contribution is 2.20. The van der Waals surface area contributed by atoms with Crippen LogP contribution in [0.3, 0.4) is 0 Å². The molecule has 0 atom stereocenters. The Labute approximate surface area is 97.6 Å². The molecular weight excluding hydrogens is 274 g/mol. The summed E-state index contributed by atoms with van der Waals surface area (Å²) in [4.78, 5) is 0. The van der Waals surface area contributed by atoms with Crippen molar-refractivity contribution in [1.29, 1.82) is 0 Å². The molecule has 0 spiro atoms. The topological polar surface area (TPSA) is 132 Å². The van der Waals surface area contributed by atoms with Crippen LogP contribution in [0, 0.1) is 0 Å². The summed E-state index contributed by atoms with van der Waals surface area (Å²) >= 11 is 0.958. The Morgan fingerprint density at radius 3 is 2.38 bits per heavy atom. The molecule has 1 aromatic heterocycles. The second-order valence-corrected chi connectivity index (χ2v) is 7.60. The molecule has 16 heavy (non-hydrogen) atoms. The predicted octanol–water partition coefficient (Wildman–Crippen LogP) is -1.10. The molecule has 0 fully saturated rings. The summed E-state index contributed by atoms with van der Waals surface area (Å²) in [6, 6.07) is 1.30. The van der Waals surface area contributed by atoms with E-state index in [1.54, 1.807) is 0 Å². The monoisotopic (exact) mass is 285 g/mol. The Balaban J connectivity index is 2.67. The normalized spacial score (nSPS) is 12.8. The van der Waals surface area contributed by atoms with Gasteiger partial charge >= 0.3 is 0 Å². The fraction of sp³-hybridized carbons (Fsp3) is 0.333. The van der Waals surface area contributed by atoms with Gasteiger partial charge in [-0.3, -0.25) is 0 Å². The van der Waals surface area contributed by atoms with E-state index >= 15 is 0 Å². The molecule has 7 nitrogen and oxygen atoms in total. The molecule has 0 bridgehead atoms. The molecule has 1 rings (SSSR count). The van der Waals surface area contributed by atoms with Crippen molar-refractivity contribution in [3.05, 3.63) is 11.4 Å². The van der Waals surface area contributed by atoms with Crippen LogP contribution < -0.4 is 15.6 Å². The lowest BCUT2D eigenvalue weighted by molar-refractivity contribution is 0.583. The fourth-order valence-electron chi connectivity index (χ4n) is 0.861. The minimum Gasteiger partial charge on any atom is -0.398 e. The lowest BCUT2D eigenvalue weighted by Crippen LogP contribution is -2.31. The number of sulfonamides is 2. The van der Waals surface area contributed by atoms with Crippen molar-refractivity contribution in [2.75, 3.05) is 18.0 Å². The first kappa shape index (κ1) is 13.4. The van der Waals surface area contributed by atoms with E-state index < -0.39 is 25.8 Å². The van der Waals surface area contributed by atoms with E-state index in [2.05, 4.69) is 4.72 Å². The number of primary sulfonamides is 1. The lowest BCUT2D eigenvalue weighted by Gasteiger charge is -2.02. The molecule has 5 N–H and O–H groups in total. The van der Waals surface area contributed by atoms with Gasteiger partial charge < -0.3 is 5.73 Å². The number of nitrogens with one attached hydrogen (secondary N) is 1. The molecule has 0 aliphatic rings. The van der Waals surface area contributed by atoms with Crippen molar-refractivity contribution in [3.63, 3.8) is 0 Å². The number of rotatable bonds is 5. The van der Waals surface area contributed by atoms with Gasteiger partial charge in [0.25, 0.3) is 0 Å². The summed E-state index contributed by atoms with van der Waals surface area (Å²) in [7, 11) is -7.37. The van der Waals surface area contributed by atoms with E-state index in [1.165, 1.54) is 11.4 Å². The first-order chi connectivity index (χ1) is 7.21. The van der Waals surface area contributed by atoms with E-state index in [9.17, 15) is 16.8 Å². The van der Waals surface area contributed by atoms with Gasteiger partial charge in [0.05, 0.1) is 5.75 Å². The van der Waals surface area contributed by atoms with Crippen LogP contribution in [-0.4, -0.2) is 29.1 Å². The molecule has 1 aromatic rings. The number of hydrogen-bond donors (Lipinski definition) is 3. The number of nitrogens with two attached hydrogens (primary N) is 2. The summed E-state index contributed by atoms with van der Waals surface area (Å²) in [5, 5.41) is 6.21. The smallest absolute Gasteiger partial charge is 0.250 e. The molecule has 0 aliphatic carbocycles. The van der Waals surface area contributed by atoms with Crippen LogP contribution in [0.2, 0.25) is 0 Å². The largest absolute Gasteiger partial charge is 0.398 e. The maximum atomic E-state index is 11.5. The van der Waals surface area contributed by atoms with Crippen molar-refractivity contribution in [2.45, 2.75) is 4.21 Å². The third-order valence-electron chi connectivity index (χ3n) is 1.54. The van der Waals surface area contributed by atoms with Gasteiger partial charge in [0.15, 0.2) is 0 Å². The van der Waals surface area contributed by atoms with Gasteiger partial charge in [-0.2, -0.15) is 0 Å². The Morgan fingerprint density at radius 2 is 1.94 bits per heavy atom. The summed E-state index contributed by atoms with van der Waals surface area (Å²) in [6.45, 7) is -0.265. The quantitative estimate of drug-likeness (QED) is 0.631. The summed E-state index contributed by atoms with van der Waals surface area (Å²) in [5.41, 5.74) is 5.72. The van der Waals surface area contributed by atoms with E-state index in [-0.39, 0.29) is 10.8 Å². The lowest BCUT2D eigenvalue weighted by atomic mass is 10.6. The third-order valence-corrected chi connectivity index (χ3v) is 5.23. The molecule has 10 heteroatoms. The van der Waals surface area contributed by atoms with Crippen molar-refractivity contribution >= 4 is 37.1 Å². The average molecular weight is 285 g/mol. The Hall–Kier alpha value is -0.680. The van der Waals surface area contributed by atoms with Gasteiger partial charge in [0.1, 0.15) is 4.21 Å². The van der Waals surface area contributed by atoms with E-state index in [0.29, 0.717) is 5.69 Å². The third kappa shape index (κ3) is 4.06. The molecule has 0 aromatic carbocycles. The number of anilines is 1. The zero-order valence-electron chi connectivity index (χ0n) is 8.08. The summed E-state index contributed by atoms with van der Waals surface area (Å²) < 4.78 is 46.4. The van der Waals surface area contributed by atoms with Gasteiger partial charge in [-0.1, -0.05) is 0 Å². The molecule has 0 radical (unpaired) electrons. The van der Waals surface area contributed by atoms with Crippen molar-refractivity contribution in [1.82, 2.24) is 4.72 Å². The van der Waals surface area contributed by atoms with Gasteiger partial charge in [0, 0.05) is 17.6 Å².